The number of hydrogen-bond acceptors (Lipinski definition) is 5. The van der Waals surface area contributed by atoms with Crippen molar-refractivity contribution < 1.29 is 19.4 Å². The number of aromatic amines is 1. The van der Waals surface area contributed by atoms with Gasteiger partial charge in [-0.3, -0.25) is 19.5 Å². The molecule has 0 saturated carbocycles. The molecule has 1 fully saturated rings. The molecular weight excluding hydrogens is 304 g/mol. The highest BCUT2D eigenvalue weighted by Crippen LogP contribution is 2.14. The zero-order valence-electron chi connectivity index (χ0n) is 12.5. The van der Waals surface area contributed by atoms with Gasteiger partial charge in [0.2, 0.25) is 0 Å². The third kappa shape index (κ3) is 2.82. The van der Waals surface area contributed by atoms with E-state index in [4.69, 9.17) is 9.84 Å². The van der Waals surface area contributed by atoms with Gasteiger partial charge in [-0.1, -0.05) is 0 Å². The molecule has 2 aromatic heterocycles. The Morgan fingerprint density at radius 2 is 2.30 bits per heavy atom. The second-order valence-electron chi connectivity index (χ2n) is 5.43. The second kappa shape index (κ2) is 5.84. The van der Waals surface area contributed by atoms with Crippen LogP contribution >= 0.6 is 0 Å². The van der Waals surface area contributed by atoms with E-state index >= 15 is 0 Å². The first kappa shape index (κ1) is 15.2. The van der Waals surface area contributed by atoms with Crippen LogP contribution in [0.15, 0.2) is 17.1 Å². The van der Waals surface area contributed by atoms with Crippen LogP contribution in [0.25, 0.3) is 5.65 Å². The molecule has 2 N–H and O–H groups in total. The van der Waals surface area contributed by atoms with Gasteiger partial charge in [-0.05, 0) is 6.92 Å². The predicted octanol–water partition coefficient (Wildman–Crippen LogP) is -0.353. The maximum Gasteiger partial charge on any atom is 0.305 e. The summed E-state index contributed by atoms with van der Waals surface area (Å²) in [6, 6.07) is 1.09. The number of aryl methyl sites for hydroxylation is 1. The molecule has 23 heavy (non-hydrogen) atoms. The van der Waals surface area contributed by atoms with Crippen molar-refractivity contribution in [2.24, 2.45) is 0 Å². The van der Waals surface area contributed by atoms with E-state index in [9.17, 15) is 14.4 Å². The molecule has 9 heteroatoms. The van der Waals surface area contributed by atoms with Crippen molar-refractivity contribution in [3.8, 4) is 0 Å². The van der Waals surface area contributed by atoms with E-state index in [1.54, 1.807) is 13.0 Å². The van der Waals surface area contributed by atoms with Crippen LogP contribution in [0.5, 0.6) is 0 Å². The molecule has 0 aliphatic carbocycles. The zero-order chi connectivity index (χ0) is 16.6. The molecule has 1 unspecified atom stereocenters. The van der Waals surface area contributed by atoms with E-state index in [0.29, 0.717) is 12.3 Å². The molecule has 1 amide bonds. The Labute approximate surface area is 130 Å². The van der Waals surface area contributed by atoms with Gasteiger partial charge in [0.1, 0.15) is 5.56 Å². The Balaban J connectivity index is 1.96. The molecular formula is C14H16N4O5. The normalized spacial score (nSPS) is 18.3. The number of hydrogen-bond donors (Lipinski definition) is 2. The summed E-state index contributed by atoms with van der Waals surface area (Å²) in [5.74, 6) is -1.55. The quantitative estimate of drug-likeness (QED) is 0.798. The van der Waals surface area contributed by atoms with Gasteiger partial charge in [0, 0.05) is 24.5 Å². The number of aliphatic carboxylic acids is 1. The van der Waals surface area contributed by atoms with E-state index in [-0.39, 0.29) is 25.1 Å². The molecule has 0 aromatic carbocycles. The number of nitrogens with zero attached hydrogens (tertiary/aromatic N) is 3. The van der Waals surface area contributed by atoms with Gasteiger partial charge in [0.05, 0.1) is 25.7 Å². The summed E-state index contributed by atoms with van der Waals surface area (Å²) < 4.78 is 6.44. The number of aromatic nitrogens is 3. The number of carbonyl (C=O) groups is 2. The molecule has 1 aliphatic heterocycles. The molecule has 1 aliphatic rings. The van der Waals surface area contributed by atoms with Gasteiger partial charge < -0.3 is 14.7 Å². The molecule has 0 radical (unpaired) electrons. The van der Waals surface area contributed by atoms with Gasteiger partial charge in [0.15, 0.2) is 5.65 Å². The molecule has 122 valence electrons. The van der Waals surface area contributed by atoms with Crippen LogP contribution < -0.4 is 5.56 Å². The first-order valence-corrected chi connectivity index (χ1v) is 7.15. The molecule has 0 bridgehead atoms. The lowest BCUT2D eigenvalue weighted by atomic mass is 10.1. The van der Waals surface area contributed by atoms with Crippen molar-refractivity contribution in [3.05, 3.63) is 33.9 Å². The summed E-state index contributed by atoms with van der Waals surface area (Å²) in [4.78, 5) is 41.5. The average molecular weight is 320 g/mol. The van der Waals surface area contributed by atoms with Crippen molar-refractivity contribution in [2.45, 2.75) is 19.4 Å². The Bertz CT molecular complexity index is 824. The Hall–Kier alpha value is -2.68. The lowest BCUT2D eigenvalue weighted by Gasteiger charge is -2.34. The van der Waals surface area contributed by atoms with Crippen molar-refractivity contribution in [1.29, 1.82) is 0 Å². The summed E-state index contributed by atoms with van der Waals surface area (Å²) in [5, 5.41) is 11.8. The lowest BCUT2D eigenvalue weighted by Crippen LogP contribution is -2.50. The largest absolute Gasteiger partial charge is 0.481 e. The minimum atomic E-state index is -1.02. The average Bonchev–Trinajstić information content (AvgIpc) is 2.88. The van der Waals surface area contributed by atoms with Crippen LogP contribution in [0.2, 0.25) is 0 Å². The van der Waals surface area contributed by atoms with Crippen molar-refractivity contribution in [1.82, 2.24) is 19.5 Å². The maximum absolute atomic E-state index is 12.7. The summed E-state index contributed by atoms with van der Waals surface area (Å²) in [6.45, 7) is 2.46. The Morgan fingerprint density at radius 1 is 1.52 bits per heavy atom. The maximum atomic E-state index is 12.7. The highest BCUT2D eigenvalue weighted by molar-refractivity contribution is 5.94. The second-order valence-corrected chi connectivity index (χ2v) is 5.43. The van der Waals surface area contributed by atoms with Crippen molar-refractivity contribution >= 4 is 17.5 Å². The van der Waals surface area contributed by atoms with Gasteiger partial charge >= 0.3 is 5.97 Å². The van der Waals surface area contributed by atoms with E-state index in [1.165, 1.54) is 15.6 Å². The molecule has 1 atom stereocenters. The number of carboxylic acids is 1. The molecule has 1 saturated heterocycles. The third-order valence-corrected chi connectivity index (χ3v) is 3.75. The van der Waals surface area contributed by atoms with E-state index in [0.717, 1.165) is 5.69 Å². The molecule has 0 spiro atoms. The van der Waals surface area contributed by atoms with Crippen molar-refractivity contribution in [2.75, 3.05) is 19.8 Å². The Kier molecular flexibility index (Phi) is 3.87. The molecule has 9 nitrogen and oxygen atoms in total. The van der Waals surface area contributed by atoms with Crippen LogP contribution in [0.1, 0.15) is 22.5 Å². The lowest BCUT2D eigenvalue weighted by molar-refractivity contribution is -0.139. The molecule has 2 aromatic rings. The highest BCUT2D eigenvalue weighted by atomic mass is 16.5. The zero-order valence-corrected chi connectivity index (χ0v) is 12.5. The van der Waals surface area contributed by atoms with E-state index in [2.05, 4.69) is 10.1 Å². The van der Waals surface area contributed by atoms with E-state index < -0.39 is 23.5 Å². The third-order valence-electron chi connectivity index (χ3n) is 3.75. The van der Waals surface area contributed by atoms with Crippen LogP contribution in [0.3, 0.4) is 0 Å². The van der Waals surface area contributed by atoms with Gasteiger partial charge in [0.25, 0.3) is 11.5 Å². The van der Waals surface area contributed by atoms with Crippen LogP contribution in [-0.4, -0.2) is 62.3 Å². The summed E-state index contributed by atoms with van der Waals surface area (Å²) >= 11 is 0. The fourth-order valence-corrected chi connectivity index (χ4v) is 2.67. The minimum Gasteiger partial charge on any atom is -0.481 e. The topological polar surface area (TPSA) is 117 Å². The van der Waals surface area contributed by atoms with Crippen LogP contribution in [0, 0.1) is 6.92 Å². The number of amides is 1. The van der Waals surface area contributed by atoms with Gasteiger partial charge in [-0.15, -0.1) is 0 Å². The summed E-state index contributed by atoms with van der Waals surface area (Å²) in [5.41, 5.74) is 0.567. The SMILES string of the molecule is Cc1cc2ncc(C(=O)N3CCOCC3CC(=O)O)c(=O)n2[nH]1. The van der Waals surface area contributed by atoms with E-state index in [1.807, 2.05) is 0 Å². The fraction of sp³-hybridized carbons (Fsp3) is 0.429. The highest BCUT2D eigenvalue weighted by Gasteiger charge is 2.31. The molecule has 3 rings (SSSR count). The fourth-order valence-electron chi connectivity index (χ4n) is 2.67. The number of H-pyrrole nitrogens is 1. The number of nitrogens with one attached hydrogen (secondary N) is 1. The number of rotatable bonds is 3. The predicted molar refractivity (Wildman–Crippen MR) is 78.4 cm³/mol. The first-order chi connectivity index (χ1) is 11.0. The van der Waals surface area contributed by atoms with Gasteiger partial charge in [-0.2, -0.15) is 0 Å². The van der Waals surface area contributed by atoms with Crippen LogP contribution in [0.4, 0.5) is 0 Å². The van der Waals surface area contributed by atoms with Crippen LogP contribution in [-0.2, 0) is 9.53 Å². The standard InChI is InChI=1S/C14H16N4O5/c1-8-4-11-15-6-10(14(22)18(11)16-8)13(21)17-2-3-23-7-9(17)5-12(19)20/h4,6,9,16H,2-3,5,7H2,1H3,(H,19,20). The number of fused-ring (bicyclic) bond motifs is 1. The summed E-state index contributed by atoms with van der Waals surface area (Å²) in [6.07, 6.45) is 1.00. The number of carbonyl (C=O) groups excluding carboxylic acids is 1. The van der Waals surface area contributed by atoms with Crippen molar-refractivity contribution in [3.63, 3.8) is 0 Å². The Morgan fingerprint density at radius 3 is 3.04 bits per heavy atom. The number of ether oxygens (including phenoxy) is 1. The molecule has 3 heterocycles. The number of morpholine rings is 1. The number of carboxylic acid groups (broad SMARTS) is 1. The summed E-state index contributed by atoms with van der Waals surface area (Å²) in [7, 11) is 0. The first-order valence-electron chi connectivity index (χ1n) is 7.15. The van der Waals surface area contributed by atoms with Gasteiger partial charge in [-0.25, -0.2) is 9.50 Å². The monoisotopic (exact) mass is 320 g/mol. The minimum absolute atomic E-state index is 0.0957. The smallest absolute Gasteiger partial charge is 0.305 e.